The van der Waals surface area contributed by atoms with Gasteiger partial charge >= 0.3 is 0 Å². The van der Waals surface area contributed by atoms with Crippen LogP contribution >= 0.6 is 0 Å². The molecule has 4 rings (SSSR count). The van der Waals surface area contributed by atoms with Crippen molar-refractivity contribution in [2.75, 3.05) is 31.6 Å². The Labute approximate surface area is 176 Å². The van der Waals surface area contributed by atoms with E-state index in [-0.39, 0.29) is 23.5 Å². The van der Waals surface area contributed by atoms with Crippen LogP contribution in [0.5, 0.6) is 11.5 Å². The standard InChI is InChI=1S/C20H26N4O5S/c1-14(2)23-12-19(21-13-23)30(26,27)24-7-3-4-15(11-24)20(25)22-16-5-6-17-18(10-16)29-9-8-28-17/h5-6,10,12-15H,3-4,7-9,11H2,1-2H3,(H,22,25)/t15-/m0/s1. The third kappa shape index (κ3) is 4.15. The molecule has 30 heavy (non-hydrogen) atoms. The molecule has 2 aliphatic rings. The maximum absolute atomic E-state index is 13.0. The van der Waals surface area contributed by atoms with Crippen molar-refractivity contribution < 1.29 is 22.7 Å². The molecule has 1 aromatic heterocycles. The number of aromatic nitrogens is 2. The lowest BCUT2D eigenvalue weighted by Gasteiger charge is -2.30. The minimum absolute atomic E-state index is 0.0177. The van der Waals surface area contributed by atoms with Gasteiger partial charge in [0.05, 0.1) is 12.2 Å². The van der Waals surface area contributed by atoms with Crippen molar-refractivity contribution in [1.29, 1.82) is 0 Å². The molecular weight excluding hydrogens is 408 g/mol. The lowest BCUT2D eigenvalue weighted by Crippen LogP contribution is -2.43. The molecule has 1 saturated heterocycles. The summed E-state index contributed by atoms with van der Waals surface area (Å²) < 4.78 is 40.1. The highest BCUT2D eigenvalue weighted by Gasteiger charge is 2.34. The predicted octanol–water partition coefficient (Wildman–Crippen LogP) is 2.27. The van der Waals surface area contributed by atoms with Gasteiger partial charge in [-0.1, -0.05) is 0 Å². The maximum atomic E-state index is 13.0. The highest BCUT2D eigenvalue weighted by molar-refractivity contribution is 7.89. The highest BCUT2D eigenvalue weighted by atomic mass is 32.2. The summed E-state index contributed by atoms with van der Waals surface area (Å²) >= 11 is 0. The Hall–Kier alpha value is -2.59. The van der Waals surface area contributed by atoms with Gasteiger partial charge in [-0.2, -0.15) is 4.31 Å². The number of carbonyl (C=O) groups excluding carboxylic acids is 1. The third-order valence-corrected chi connectivity index (χ3v) is 7.09. The number of benzene rings is 1. The summed E-state index contributed by atoms with van der Waals surface area (Å²) in [6.07, 6.45) is 4.30. The van der Waals surface area contributed by atoms with Gasteiger partial charge in [0.1, 0.15) is 13.2 Å². The molecule has 0 saturated carbocycles. The topological polar surface area (TPSA) is 103 Å². The fourth-order valence-electron chi connectivity index (χ4n) is 3.61. The Morgan fingerprint density at radius 2 is 2.00 bits per heavy atom. The van der Waals surface area contributed by atoms with Crippen molar-refractivity contribution in [3.8, 4) is 11.5 Å². The van der Waals surface area contributed by atoms with Crippen LogP contribution in [-0.4, -0.2) is 54.5 Å². The molecule has 9 nitrogen and oxygen atoms in total. The summed E-state index contributed by atoms with van der Waals surface area (Å²) in [7, 11) is -3.74. The summed E-state index contributed by atoms with van der Waals surface area (Å²) in [5, 5.41) is 2.89. The van der Waals surface area contributed by atoms with E-state index in [2.05, 4.69) is 10.3 Å². The second-order valence-electron chi connectivity index (χ2n) is 7.80. The van der Waals surface area contributed by atoms with Crippen LogP contribution in [0.15, 0.2) is 35.7 Å². The van der Waals surface area contributed by atoms with Crippen LogP contribution < -0.4 is 14.8 Å². The van der Waals surface area contributed by atoms with Crippen LogP contribution in [0.3, 0.4) is 0 Å². The number of hydrogen-bond acceptors (Lipinski definition) is 6. The van der Waals surface area contributed by atoms with Crippen molar-refractivity contribution in [2.24, 2.45) is 5.92 Å². The number of nitrogens with zero attached hydrogens (tertiary/aromatic N) is 3. The van der Waals surface area contributed by atoms with Crippen molar-refractivity contribution in [2.45, 2.75) is 37.8 Å². The molecule has 1 atom stereocenters. The van der Waals surface area contributed by atoms with E-state index in [9.17, 15) is 13.2 Å². The number of carbonyl (C=O) groups is 1. The number of hydrogen-bond donors (Lipinski definition) is 1. The van der Waals surface area contributed by atoms with Crippen molar-refractivity contribution in [1.82, 2.24) is 13.9 Å². The van der Waals surface area contributed by atoms with E-state index in [0.717, 1.165) is 0 Å². The summed E-state index contributed by atoms with van der Waals surface area (Å²) in [6.45, 7) is 5.39. The molecule has 1 fully saturated rings. The van der Waals surface area contributed by atoms with Crippen LogP contribution in [0.2, 0.25) is 0 Å². The highest BCUT2D eigenvalue weighted by Crippen LogP contribution is 2.33. The number of fused-ring (bicyclic) bond motifs is 1. The first kappa shape index (κ1) is 20.7. The van der Waals surface area contributed by atoms with E-state index >= 15 is 0 Å². The lowest BCUT2D eigenvalue weighted by molar-refractivity contribution is -0.120. The van der Waals surface area contributed by atoms with Crippen LogP contribution in [-0.2, 0) is 14.8 Å². The number of imidazole rings is 1. The molecule has 1 N–H and O–H groups in total. The fourth-order valence-corrected chi connectivity index (χ4v) is 5.05. The number of anilines is 1. The number of rotatable bonds is 5. The van der Waals surface area contributed by atoms with Crippen LogP contribution in [0.1, 0.15) is 32.7 Å². The molecule has 2 aromatic rings. The normalized spacial score (nSPS) is 19.6. The molecule has 0 spiro atoms. The largest absolute Gasteiger partial charge is 0.486 e. The quantitative estimate of drug-likeness (QED) is 0.775. The number of amides is 1. The molecular formula is C20H26N4O5S. The van der Waals surface area contributed by atoms with Crippen LogP contribution in [0, 0.1) is 5.92 Å². The second-order valence-corrected chi connectivity index (χ2v) is 9.69. The van der Waals surface area contributed by atoms with E-state index in [4.69, 9.17) is 9.47 Å². The van der Waals surface area contributed by atoms with E-state index in [1.54, 1.807) is 29.0 Å². The molecule has 162 valence electrons. The van der Waals surface area contributed by atoms with Gasteiger partial charge in [0.15, 0.2) is 16.5 Å². The molecule has 1 aromatic carbocycles. The van der Waals surface area contributed by atoms with Crippen LogP contribution in [0.4, 0.5) is 5.69 Å². The molecule has 0 radical (unpaired) electrons. The summed E-state index contributed by atoms with van der Waals surface area (Å²) in [6, 6.07) is 5.35. The average molecular weight is 435 g/mol. The third-order valence-electron chi connectivity index (χ3n) is 5.34. The number of nitrogens with one attached hydrogen (secondary N) is 1. The zero-order valence-electron chi connectivity index (χ0n) is 17.1. The molecule has 2 aliphatic heterocycles. The molecule has 3 heterocycles. The van der Waals surface area contributed by atoms with E-state index in [1.807, 2.05) is 13.8 Å². The van der Waals surface area contributed by atoms with Crippen molar-refractivity contribution >= 4 is 21.6 Å². The Bertz CT molecular complexity index is 1030. The van der Waals surface area contributed by atoms with Gasteiger partial charge in [-0.05, 0) is 38.8 Å². The number of sulfonamides is 1. The predicted molar refractivity (Wildman–Crippen MR) is 110 cm³/mol. The number of piperidine rings is 1. The molecule has 10 heteroatoms. The molecule has 1 amide bonds. The zero-order valence-corrected chi connectivity index (χ0v) is 17.9. The van der Waals surface area contributed by atoms with Gasteiger partial charge in [0.2, 0.25) is 5.91 Å². The summed E-state index contributed by atoms with van der Waals surface area (Å²) in [5.74, 6) is 0.593. The van der Waals surface area contributed by atoms with Gasteiger partial charge in [-0.25, -0.2) is 13.4 Å². The Balaban J connectivity index is 1.44. The van der Waals surface area contributed by atoms with Crippen molar-refractivity contribution in [3.63, 3.8) is 0 Å². The maximum Gasteiger partial charge on any atom is 0.262 e. The molecule has 0 bridgehead atoms. The Kier molecular flexibility index (Phi) is 5.70. The summed E-state index contributed by atoms with van der Waals surface area (Å²) in [4.78, 5) is 16.9. The van der Waals surface area contributed by atoms with Crippen LogP contribution in [0.25, 0.3) is 0 Å². The van der Waals surface area contributed by atoms with Gasteiger partial charge in [0, 0.05) is 37.1 Å². The van der Waals surface area contributed by atoms with E-state index < -0.39 is 15.9 Å². The van der Waals surface area contributed by atoms with E-state index in [1.165, 1.54) is 10.6 Å². The minimum atomic E-state index is -3.74. The first-order valence-corrected chi connectivity index (χ1v) is 11.5. The first-order chi connectivity index (χ1) is 14.3. The lowest BCUT2D eigenvalue weighted by atomic mass is 9.98. The molecule has 0 aliphatic carbocycles. The van der Waals surface area contributed by atoms with Gasteiger partial charge in [-0.15, -0.1) is 0 Å². The van der Waals surface area contributed by atoms with Gasteiger partial charge in [0.25, 0.3) is 10.0 Å². The summed E-state index contributed by atoms with van der Waals surface area (Å²) in [5.41, 5.74) is 0.597. The SMILES string of the molecule is CC(C)n1cnc(S(=O)(=O)N2CCC[C@H](C(=O)Nc3ccc4c(c3)OCCO4)C2)c1. The van der Waals surface area contributed by atoms with Gasteiger partial charge < -0.3 is 19.4 Å². The average Bonchev–Trinajstić information content (AvgIpc) is 3.25. The van der Waals surface area contributed by atoms with Crippen molar-refractivity contribution in [3.05, 3.63) is 30.7 Å². The fraction of sp³-hybridized carbons (Fsp3) is 0.500. The first-order valence-electron chi connectivity index (χ1n) is 10.1. The smallest absolute Gasteiger partial charge is 0.262 e. The van der Waals surface area contributed by atoms with E-state index in [0.29, 0.717) is 49.8 Å². The Morgan fingerprint density at radius 1 is 1.23 bits per heavy atom. The number of ether oxygens (including phenoxy) is 2. The minimum Gasteiger partial charge on any atom is -0.486 e. The zero-order chi connectivity index (χ0) is 21.3. The van der Waals surface area contributed by atoms with Gasteiger partial charge in [-0.3, -0.25) is 4.79 Å². The Morgan fingerprint density at radius 3 is 2.73 bits per heavy atom. The molecule has 0 unspecified atom stereocenters. The second kappa shape index (κ2) is 8.27. The monoisotopic (exact) mass is 434 g/mol.